The molecule has 1 aromatic heterocycles. The normalized spacial score (nSPS) is 10.4. The topological polar surface area (TPSA) is 42.2 Å². The van der Waals surface area contributed by atoms with Crippen molar-refractivity contribution in [1.82, 2.24) is 4.98 Å². The Kier molecular flexibility index (Phi) is 4.93. The molecule has 100 valence electrons. The number of unbranched alkanes of at least 4 members (excludes halogenated alkanes) is 1. The van der Waals surface area contributed by atoms with Crippen LogP contribution in [0.1, 0.15) is 25.5 Å². The number of hydrogen-bond acceptors (Lipinski definition) is 3. The number of benzene rings is 1. The van der Waals surface area contributed by atoms with Gasteiger partial charge in [0.25, 0.3) is 0 Å². The second kappa shape index (κ2) is 6.90. The maximum Gasteiger partial charge on any atom is 0.0775 e. The predicted octanol–water partition coefficient (Wildman–Crippen LogP) is 3.48. The van der Waals surface area contributed by atoms with Crippen molar-refractivity contribution in [2.75, 3.05) is 11.4 Å². The summed E-state index contributed by atoms with van der Waals surface area (Å²) in [4.78, 5) is 6.69. The van der Waals surface area contributed by atoms with Gasteiger partial charge in [0, 0.05) is 25.0 Å². The molecule has 0 unspecified atom stereocenters. The number of para-hydroxylation sites is 1. The highest BCUT2D eigenvalue weighted by molar-refractivity contribution is 5.64. The Bertz CT molecular complexity index is 496. The van der Waals surface area contributed by atoms with E-state index in [9.17, 15) is 0 Å². The number of anilines is 2. The van der Waals surface area contributed by atoms with Crippen LogP contribution >= 0.6 is 0 Å². The Morgan fingerprint density at radius 3 is 2.58 bits per heavy atom. The highest BCUT2D eigenvalue weighted by atomic mass is 15.1. The third-order valence-corrected chi connectivity index (χ3v) is 3.15. The van der Waals surface area contributed by atoms with Crippen LogP contribution in [0.5, 0.6) is 0 Å². The van der Waals surface area contributed by atoms with Crippen molar-refractivity contribution in [3.8, 4) is 0 Å². The highest BCUT2D eigenvalue weighted by Crippen LogP contribution is 2.27. The number of nitrogens with two attached hydrogens (primary N) is 1. The molecule has 0 spiro atoms. The summed E-state index contributed by atoms with van der Waals surface area (Å²) >= 11 is 0. The largest absolute Gasteiger partial charge is 0.340 e. The van der Waals surface area contributed by atoms with Crippen LogP contribution < -0.4 is 10.6 Å². The van der Waals surface area contributed by atoms with Gasteiger partial charge in [-0.05, 0) is 30.7 Å². The van der Waals surface area contributed by atoms with Crippen LogP contribution in [-0.4, -0.2) is 11.5 Å². The van der Waals surface area contributed by atoms with E-state index in [1.54, 1.807) is 6.20 Å². The molecular weight excluding hydrogens is 234 g/mol. The van der Waals surface area contributed by atoms with Crippen LogP contribution in [0.25, 0.3) is 0 Å². The molecule has 0 saturated carbocycles. The van der Waals surface area contributed by atoms with Gasteiger partial charge in [-0.3, -0.25) is 4.98 Å². The number of nitrogens with zero attached hydrogens (tertiary/aromatic N) is 2. The molecule has 3 nitrogen and oxygen atoms in total. The Hall–Kier alpha value is -1.87. The van der Waals surface area contributed by atoms with Gasteiger partial charge in [-0.15, -0.1) is 0 Å². The van der Waals surface area contributed by atoms with Crippen LogP contribution in [0, 0.1) is 0 Å². The van der Waals surface area contributed by atoms with Gasteiger partial charge >= 0.3 is 0 Å². The molecule has 0 atom stereocenters. The SMILES string of the molecule is CCCCN(c1ccccc1)c1cccnc1CN. The van der Waals surface area contributed by atoms with Gasteiger partial charge < -0.3 is 10.6 Å². The molecule has 1 aromatic carbocycles. The van der Waals surface area contributed by atoms with Crippen LogP contribution in [0.3, 0.4) is 0 Å². The molecule has 0 aliphatic rings. The smallest absolute Gasteiger partial charge is 0.0775 e. The van der Waals surface area contributed by atoms with Crippen LogP contribution in [-0.2, 0) is 6.54 Å². The maximum atomic E-state index is 5.81. The van der Waals surface area contributed by atoms with Crippen molar-refractivity contribution >= 4 is 11.4 Å². The molecule has 0 radical (unpaired) electrons. The second-order valence-corrected chi connectivity index (χ2v) is 4.51. The first-order valence-corrected chi connectivity index (χ1v) is 6.83. The van der Waals surface area contributed by atoms with Gasteiger partial charge in [-0.1, -0.05) is 31.5 Å². The first-order chi connectivity index (χ1) is 9.36. The molecular formula is C16H21N3. The maximum absolute atomic E-state index is 5.81. The summed E-state index contributed by atoms with van der Waals surface area (Å²) < 4.78 is 0. The van der Waals surface area contributed by atoms with E-state index in [-0.39, 0.29) is 0 Å². The molecule has 0 fully saturated rings. The minimum atomic E-state index is 0.464. The average molecular weight is 255 g/mol. The minimum Gasteiger partial charge on any atom is -0.340 e. The summed E-state index contributed by atoms with van der Waals surface area (Å²) in [6, 6.07) is 14.5. The Morgan fingerprint density at radius 2 is 1.89 bits per heavy atom. The minimum absolute atomic E-state index is 0.464. The van der Waals surface area contributed by atoms with E-state index in [0.29, 0.717) is 6.54 Å². The third-order valence-electron chi connectivity index (χ3n) is 3.15. The summed E-state index contributed by atoms with van der Waals surface area (Å²) in [5, 5.41) is 0. The summed E-state index contributed by atoms with van der Waals surface area (Å²) in [5.74, 6) is 0. The average Bonchev–Trinajstić information content (AvgIpc) is 2.49. The lowest BCUT2D eigenvalue weighted by atomic mass is 10.2. The van der Waals surface area contributed by atoms with E-state index in [2.05, 4.69) is 47.1 Å². The van der Waals surface area contributed by atoms with Crippen molar-refractivity contribution in [1.29, 1.82) is 0 Å². The van der Waals surface area contributed by atoms with Crippen LogP contribution in [0.15, 0.2) is 48.7 Å². The lowest BCUT2D eigenvalue weighted by molar-refractivity contribution is 0.780. The Balaban J connectivity index is 2.37. The first-order valence-electron chi connectivity index (χ1n) is 6.83. The molecule has 19 heavy (non-hydrogen) atoms. The molecule has 2 aromatic rings. The fraction of sp³-hybridized carbons (Fsp3) is 0.312. The fourth-order valence-electron chi connectivity index (χ4n) is 2.15. The summed E-state index contributed by atoms with van der Waals surface area (Å²) in [5.41, 5.74) is 9.06. The van der Waals surface area contributed by atoms with Gasteiger partial charge in [0.05, 0.1) is 11.4 Å². The van der Waals surface area contributed by atoms with E-state index in [4.69, 9.17) is 5.73 Å². The van der Waals surface area contributed by atoms with Crippen molar-refractivity contribution in [2.45, 2.75) is 26.3 Å². The number of aromatic nitrogens is 1. The third kappa shape index (κ3) is 3.32. The second-order valence-electron chi connectivity index (χ2n) is 4.51. The standard InChI is InChI=1S/C16H21N3/c1-2-3-12-19(14-8-5-4-6-9-14)16-10-7-11-18-15(16)13-17/h4-11H,2-3,12-13,17H2,1H3. The Labute approximate surface area is 115 Å². The molecule has 0 saturated heterocycles. The Morgan fingerprint density at radius 1 is 1.11 bits per heavy atom. The number of rotatable bonds is 6. The van der Waals surface area contributed by atoms with Gasteiger partial charge in [0.2, 0.25) is 0 Å². The zero-order valence-electron chi connectivity index (χ0n) is 11.4. The molecule has 0 aliphatic carbocycles. The van der Waals surface area contributed by atoms with Gasteiger partial charge in [0.15, 0.2) is 0 Å². The number of pyridine rings is 1. The summed E-state index contributed by atoms with van der Waals surface area (Å²) in [7, 11) is 0. The molecule has 3 heteroatoms. The highest BCUT2D eigenvalue weighted by Gasteiger charge is 2.12. The molecule has 0 bridgehead atoms. The zero-order chi connectivity index (χ0) is 13.5. The predicted molar refractivity (Wildman–Crippen MR) is 80.5 cm³/mol. The lowest BCUT2D eigenvalue weighted by Gasteiger charge is -2.26. The van der Waals surface area contributed by atoms with Crippen molar-refractivity contribution < 1.29 is 0 Å². The molecule has 2 rings (SSSR count). The zero-order valence-corrected chi connectivity index (χ0v) is 11.4. The fourth-order valence-corrected chi connectivity index (χ4v) is 2.15. The van der Waals surface area contributed by atoms with E-state index in [1.807, 2.05) is 12.1 Å². The van der Waals surface area contributed by atoms with Crippen molar-refractivity contribution in [3.63, 3.8) is 0 Å². The first kappa shape index (κ1) is 13.6. The quantitative estimate of drug-likeness (QED) is 0.859. The van der Waals surface area contributed by atoms with Crippen molar-refractivity contribution in [2.24, 2.45) is 5.73 Å². The molecule has 1 heterocycles. The summed E-state index contributed by atoms with van der Waals surface area (Å²) in [6.07, 6.45) is 4.12. The molecule has 0 aliphatic heterocycles. The van der Waals surface area contributed by atoms with E-state index in [1.165, 1.54) is 12.1 Å². The van der Waals surface area contributed by atoms with E-state index in [0.717, 1.165) is 24.3 Å². The van der Waals surface area contributed by atoms with Gasteiger partial charge in [0.1, 0.15) is 0 Å². The van der Waals surface area contributed by atoms with Gasteiger partial charge in [-0.2, -0.15) is 0 Å². The molecule has 2 N–H and O–H groups in total. The van der Waals surface area contributed by atoms with Crippen molar-refractivity contribution in [3.05, 3.63) is 54.4 Å². The van der Waals surface area contributed by atoms with Gasteiger partial charge in [-0.25, -0.2) is 0 Å². The molecule has 0 amide bonds. The summed E-state index contributed by atoms with van der Waals surface area (Å²) in [6.45, 7) is 3.65. The monoisotopic (exact) mass is 255 g/mol. The van der Waals surface area contributed by atoms with Crippen LogP contribution in [0.4, 0.5) is 11.4 Å². The van der Waals surface area contributed by atoms with Crippen LogP contribution in [0.2, 0.25) is 0 Å². The number of hydrogen-bond donors (Lipinski definition) is 1. The van der Waals surface area contributed by atoms with E-state index >= 15 is 0 Å². The van der Waals surface area contributed by atoms with E-state index < -0.39 is 0 Å². The lowest BCUT2D eigenvalue weighted by Crippen LogP contribution is -2.21.